The van der Waals surface area contributed by atoms with Crippen LogP contribution in [-0.2, 0) is 4.84 Å². The van der Waals surface area contributed by atoms with Gasteiger partial charge in [-0.25, -0.2) is 4.79 Å². The first-order valence-electron chi connectivity index (χ1n) is 9.62. The van der Waals surface area contributed by atoms with Crippen molar-refractivity contribution in [2.24, 2.45) is 0 Å². The largest absolute Gasteiger partial charge is 0.497 e. The Morgan fingerprint density at radius 1 is 1.07 bits per heavy atom. The van der Waals surface area contributed by atoms with Gasteiger partial charge in [0.1, 0.15) is 17.1 Å². The molecular weight excluding hydrogens is 370 g/mol. The Balaban J connectivity index is 1.37. The van der Waals surface area contributed by atoms with E-state index in [-0.39, 0.29) is 6.03 Å². The summed E-state index contributed by atoms with van der Waals surface area (Å²) < 4.78 is 10.4. The van der Waals surface area contributed by atoms with Crippen molar-refractivity contribution in [1.29, 1.82) is 0 Å². The van der Waals surface area contributed by atoms with Crippen LogP contribution in [0.15, 0.2) is 54.6 Å². The zero-order valence-corrected chi connectivity index (χ0v) is 16.6. The first-order chi connectivity index (χ1) is 14.1. The Bertz CT molecular complexity index is 903. The van der Waals surface area contributed by atoms with Gasteiger partial charge >= 0.3 is 6.03 Å². The van der Waals surface area contributed by atoms with Crippen LogP contribution in [0.5, 0.6) is 11.5 Å². The molecule has 2 aromatic carbocycles. The van der Waals surface area contributed by atoms with Crippen LogP contribution in [-0.4, -0.2) is 43.8 Å². The fourth-order valence-electron chi connectivity index (χ4n) is 3.62. The number of hydrogen-bond acceptors (Lipinski definition) is 5. The molecule has 4 rings (SSSR count). The van der Waals surface area contributed by atoms with E-state index in [1.807, 2.05) is 53.4 Å². The summed E-state index contributed by atoms with van der Waals surface area (Å²) >= 11 is 0. The number of amides is 2. The third-order valence-corrected chi connectivity index (χ3v) is 5.39. The third kappa shape index (κ3) is 4.14. The standard InChI is InChI=1S/C22H25N3O4/c1-27-18-8-6-17(7-9-18)23-21(26)25-12-10-22(11-13-25)15-20(24-29-22)16-4-3-5-19(14-16)28-2/h3-9,14-15,24H,10-13H2,1-2H3,(H,23,26). The smallest absolute Gasteiger partial charge is 0.321 e. The van der Waals surface area contributed by atoms with E-state index in [1.165, 1.54) is 0 Å². The molecule has 0 unspecified atom stereocenters. The Morgan fingerprint density at radius 2 is 1.79 bits per heavy atom. The maximum Gasteiger partial charge on any atom is 0.321 e. The molecule has 0 bridgehead atoms. The molecule has 0 atom stereocenters. The van der Waals surface area contributed by atoms with E-state index >= 15 is 0 Å². The van der Waals surface area contributed by atoms with Crippen LogP contribution in [0.2, 0.25) is 0 Å². The molecule has 2 N–H and O–H groups in total. The third-order valence-electron chi connectivity index (χ3n) is 5.39. The molecule has 1 spiro atoms. The monoisotopic (exact) mass is 395 g/mol. The Kier molecular flexibility index (Phi) is 5.31. The maximum atomic E-state index is 12.6. The number of nitrogens with zero attached hydrogens (tertiary/aromatic N) is 1. The summed E-state index contributed by atoms with van der Waals surface area (Å²) in [6.45, 7) is 1.23. The van der Waals surface area contributed by atoms with Crippen molar-refractivity contribution in [3.05, 3.63) is 60.2 Å². The number of carbonyl (C=O) groups excluding carboxylic acids is 1. The van der Waals surface area contributed by atoms with Crippen molar-refractivity contribution in [1.82, 2.24) is 10.4 Å². The summed E-state index contributed by atoms with van der Waals surface area (Å²) in [5.74, 6) is 1.56. The van der Waals surface area contributed by atoms with Gasteiger partial charge in [0.25, 0.3) is 0 Å². The molecule has 1 fully saturated rings. The van der Waals surface area contributed by atoms with E-state index in [9.17, 15) is 4.79 Å². The Hall–Kier alpha value is -3.19. The average Bonchev–Trinajstić information content (AvgIpc) is 3.18. The van der Waals surface area contributed by atoms with E-state index in [1.54, 1.807) is 14.2 Å². The summed E-state index contributed by atoms with van der Waals surface area (Å²) in [7, 11) is 3.27. The lowest BCUT2D eigenvalue weighted by atomic mass is 9.90. The number of hydrogen-bond donors (Lipinski definition) is 2. The lowest BCUT2D eigenvalue weighted by Crippen LogP contribution is -2.48. The van der Waals surface area contributed by atoms with E-state index < -0.39 is 5.60 Å². The quantitative estimate of drug-likeness (QED) is 0.827. The van der Waals surface area contributed by atoms with Gasteiger partial charge in [-0.2, -0.15) is 0 Å². The second kappa shape index (κ2) is 8.05. The SMILES string of the molecule is COc1ccc(NC(=O)N2CCC3(C=C(c4cccc(OC)c4)NO3)CC2)cc1. The second-order valence-electron chi connectivity index (χ2n) is 7.20. The first-order valence-corrected chi connectivity index (χ1v) is 9.62. The summed E-state index contributed by atoms with van der Waals surface area (Å²) in [4.78, 5) is 20.3. The minimum Gasteiger partial charge on any atom is -0.497 e. The highest BCUT2D eigenvalue weighted by Crippen LogP contribution is 2.35. The molecule has 2 amide bonds. The van der Waals surface area contributed by atoms with Crippen LogP contribution in [0.1, 0.15) is 18.4 Å². The molecule has 2 aliphatic heterocycles. The zero-order chi connectivity index (χ0) is 20.3. The van der Waals surface area contributed by atoms with E-state index in [0.29, 0.717) is 13.1 Å². The number of methoxy groups -OCH3 is 2. The Labute approximate surface area is 170 Å². The number of anilines is 1. The molecule has 2 heterocycles. The van der Waals surface area contributed by atoms with Crippen LogP contribution in [0.4, 0.5) is 10.5 Å². The number of nitrogens with one attached hydrogen (secondary N) is 2. The van der Waals surface area contributed by atoms with E-state index in [2.05, 4.69) is 16.9 Å². The molecule has 152 valence electrons. The molecule has 29 heavy (non-hydrogen) atoms. The van der Waals surface area contributed by atoms with E-state index in [0.717, 1.165) is 41.3 Å². The maximum absolute atomic E-state index is 12.6. The highest BCUT2D eigenvalue weighted by molar-refractivity contribution is 5.89. The van der Waals surface area contributed by atoms with Crippen LogP contribution < -0.4 is 20.3 Å². The number of piperidine rings is 1. The van der Waals surface area contributed by atoms with Gasteiger partial charge in [0.05, 0.1) is 19.9 Å². The fraction of sp³-hybridized carbons (Fsp3) is 0.318. The molecule has 0 aliphatic carbocycles. The number of rotatable bonds is 4. The second-order valence-corrected chi connectivity index (χ2v) is 7.20. The molecule has 7 nitrogen and oxygen atoms in total. The van der Waals surface area contributed by atoms with Crippen molar-refractivity contribution in [2.45, 2.75) is 18.4 Å². The normalized spacial score (nSPS) is 17.4. The van der Waals surface area contributed by atoms with Crippen molar-refractivity contribution in [3.63, 3.8) is 0 Å². The zero-order valence-electron chi connectivity index (χ0n) is 16.6. The molecule has 0 radical (unpaired) electrons. The minimum absolute atomic E-state index is 0.104. The van der Waals surface area contributed by atoms with Crippen molar-refractivity contribution in [3.8, 4) is 11.5 Å². The van der Waals surface area contributed by atoms with Crippen molar-refractivity contribution in [2.75, 3.05) is 32.6 Å². The molecule has 0 aromatic heterocycles. The highest BCUT2D eigenvalue weighted by atomic mass is 16.7. The lowest BCUT2D eigenvalue weighted by molar-refractivity contribution is -0.0634. The number of urea groups is 1. The van der Waals surface area contributed by atoms with Crippen LogP contribution in [0.25, 0.3) is 5.70 Å². The summed E-state index contributed by atoms with van der Waals surface area (Å²) in [5, 5.41) is 2.93. The van der Waals surface area contributed by atoms with Crippen LogP contribution in [0, 0.1) is 0 Å². The number of benzene rings is 2. The first kappa shape index (κ1) is 19.1. The molecule has 7 heteroatoms. The predicted octanol–water partition coefficient (Wildman–Crippen LogP) is 3.65. The number of ether oxygens (including phenoxy) is 2. The minimum atomic E-state index is -0.394. The summed E-state index contributed by atoms with van der Waals surface area (Å²) in [6.07, 6.45) is 3.58. The van der Waals surface area contributed by atoms with Crippen molar-refractivity contribution < 1.29 is 19.1 Å². The molecule has 0 saturated carbocycles. The van der Waals surface area contributed by atoms with Gasteiger partial charge in [0.15, 0.2) is 0 Å². The van der Waals surface area contributed by atoms with Gasteiger partial charge in [-0.05, 0) is 42.5 Å². The van der Waals surface area contributed by atoms with Gasteiger partial charge < -0.3 is 19.7 Å². The number of hydroxylamine groups is 1. The van der Waals surface area contributed by atoms with E-state index in [4.69, 9.17) is 14.3 Å². The topological polar surface area (TPSA) is 72.1 Å². The average molecular weight is 395 g/mol. The molecular formula is C22H25N3O4. The summed E-state index contributed by atoms with van der Waals surface area (Å²) in [5.41, 5.74) is 5.35. The lowest BCUT2D eigenvalue weighted by Gasteiger charge is -2.36. The number of carbonyl (C=O) groups is 1. The van der Waals surface area contributed by atoms with Crippen molar-refractivity contribution >= 4 is 17.4 Å². The number of likely N-dealkylation sites (tertiary alicyclic amines) is 1. The van der Waals surface area contributed by atoms with Gasteiger partial charge in [-0.1, -0.05) is 12.1 Å². The van der Waals surface area contributed by atoms with Crippen LogP contribution in [0.3, 0.4) is 0 Å². The highest BCUT2D eigenvalue weighted by Gasteiger charge is 2.39. The molecule has 1 saturated heterocycles. The van der Waals surface area contributed by atoms with Gasteiger partial charge in [0.2, 0.25) is 0 Å². The predicted molar refractivity (Wildman–Crippen MR) is 111 cm³/mol. The Morgan fingerprint density at radius 3 is 2.48 bits per heavy atom. The van der Waals surface area contributed by atoms with Gasteiger partial charge in [-0.3, -0.25) is 10.3 Å². The fourth-order valence-corrected chi connectivity index (χ4v) is 3.62. The van der Waals surface area contributed by atoms with Gasteiger partial charge in [0, 0.05) is 37.2 Å². The summed E-state index contributed by atoms with van der Waals surface area (Å²) in [6, 6.07) is 15.1. The molecule has 2 aliphatic rings. The van der Waals surface area contributed by atoms with Gasteiger partial charge in [-0.15, -0.1) is 0 Å². The van der Waals surface area contributed by atoms with Crippen LogP contribution >= 0.6 is 0 Å². The molecule has 2 aromatic rings.